The van der Waals surface area contributed by atoms with Crippen LogP contribution in [0.3, 0.4) is 0 Å². The zero-order valence-electron chi connectivity index (χ0n) is 10.7. The molecular weight excluding hydrogens is 295 g/mol. The fourth-order valence-corrected chi connectivity index (χ4v) is 3.35. The Balaban J connectivity index is 2.09. The van der Waals surface area contributed by atoms with Crippen molar-refractivity contribution < 1.29 is 9.50 Å². The third-order valence-electron chi connectivity index (χ3n) is 4.14. The molecule has 1 aromatic rings. The van der Waals surface area contributed by atoms with E-state index in [1.165, 1.54) is 12.5 Å². The topological polar surface area (TPSA) is 20.2 Å². The number of benzene rings is 1. The predicted molar refractivity (Wildman–Crippen MR) is 74.9 cm³/mol. The number of aliphatic hydroxyl groups is 1. The molecule has 2 rings (SSSR count). The predicted octanol–water partition coefficient (Wildman–Crippen LogP) is 4.32. The lowest BCUT2D eigenvalue weighted by atomic mass is 9.76. The molecule has 0 amide bonds. The van der Waals surface area contributed by atoms with Crippen LogP contribution < -0.4 is 0 Å². The van der Waals surface area contributed by atoms with Gasteiger partial charge in [0.05, 0.1) is 10.6 Å². The Kier molecular flexibility index (Phi) is 4.79. The van der Waals surface area contributed by atoms with Crippen LogP contribution in [0.25, 0.3) is 0 Å². The molecule has 0 bridgehead atoms. The largest absolute Gasteiger partial charge is 0.393 e. The second kappa shape index (κ2) is 6.16. The van der Waals surface area contributed by atoms with Gasteiger partial charge >= 0.3 is 0 Å². The third kappa shape index (κ3) is 3.12. The van der Waals surface area contributed by atoms with Crippen LogP contribution in [0, 0.1) is 17.7 Å². The van der Waals surface area contributed by atoms with Crippen molar-refractivity contribution in [2.75, 3.05) is 0 Å². The molecule has 1 aliphatic carbocycles. The maximum Gasteiger partial charge on any atom is 0.137 e. The molecule has 0 saturated heterocycles. The molecular formula is C15H20BrFO. The maximum atomic E-state index is 13.5. The van der Waals surface area contributed by atoms with Crippen molar-refractivity contribution in [3.63, 3.8) is 0 Å². The lowest BCUT2D eigenvalue weighted by molar-refractivity contribution is 0.0474. The van der Waals surface area contributed by atoms with Crippen LogP contribution >= 0.6 is 15.9 Å². The Morgan fingerprint density at radius 3 is 2.89 bits per heavy atom. The van der Waals surface area contributed by atoms with Gasteiger partial charge in [0.1, 0.15) is 5.82 Å². The summed E-state index contributed by atoms with van der Waals surface area (Å²) in [5, 5.41) is 10.1. The third-order valence-corrected chi connectivity index (χ3v) is 5.03. The molecule has 1 nitrogen and oxygen atoms in total. The number of halogens is 2. The minimum atomic E-state index is -0.233. The van der Waals surface area contributed by atoms with E-state index in [2.05, 4.69) is 22.9 Å². The quantitative estimate of drug-likeness (QED) is 0.881. The Bertz CT molecular complexity index is 407. The molecule has 18 heavy (non-hydrogen) atoms. The summed E-state index contributed by atoms with van der Waals surface area (Å²) in [7, 11) is 0. The Labute approximate surface area is 117 Å². The van der Waals surface area contributed by atoms with Crippen molar-refractivity contribution in [2.24, 2.45) is 11.8 Å². The SMILES string of the molecule is CCC1CCC(O)C(Cc2cccc(F)c2Br)C1. The maximum absolute atomic E-state index is 13.5. The van der Waals surface area contributed by atoms with E-state index in [4.69, 9.17) is 0 Å². The minimum absolute atomic E-state index is 0.218. The minimum Gasteiger partial charge on any atom is -0.393 e. The molecule has 3 atom stereocenters. The van der Waals surface area contributed by atoms with E-state index in [-0.39, 0.29) is 17.8 Å². The van der Waals surface area contributed by atoms with Crippen LogP contribution in [0.1, 0.15) is 38.2 Å². The first-order valence-electron chi connectivity index (χ1n) is 6.72. The Hall–Kier alpha value is -0.410. The van der Waals surface area contributed by atoms with Gasteiger partial charge in [-0.2, -0.15) is 0 Å². The molecule has 0 heterocycles. The van der Waals surface area contributed by atoms with Crippen molar-refractivity contribution >= 4 is 15.9 Å². The summed E-state index contributed by atoms with van der Waals surface area (Å²) in [5.41, 5.74) is 0.968. The second-order valence-corrected chi connectivity index (χ2v) is 6.12. The van der Waals surface area contributed by atoms with Gasteiger partial charge in [-0.15, -0.1) is 0 Å². The molecule has 0 aliphatic heterocycles. The molecule has 1 aromatic carbocycles. The van der Waals surface area contributed by atoms with E-state index in [9.17, 15) is 9.50 Å². The van der Waals surface area contributed by atoms with Crippen molar-refractivity contribution in [2.45, 2.75) is 45.1 Å². The van der Waals surface area contributed by atoms with Gasteiger partial charge in [-0.25, -0.2) is 4.39 Å². The van der Waals surface area contributed by atoms with Gasteiger partial charge in [0, 0.05) is 0 Å². The lowest BCUT2D eigenvalue weighted by Crippen LogP contribution is -2.30. The van der Waals surface area contributed by atoms with Gasteiger partial charge in [0.25, 0.3) is 0 Å². The highest BCUT2D eigenvalue weighted by Crippen LogP contribution is 2.35. The average molecular weight is 315 g/mol. The number of hydrogen-bond donors (Lipinski definition) is 1. The molecule has 1 aliphatic rings. The molecule has 1 N–H and O–H groups in total. The molecule has 3 heteroatoms. The van der Waals surface area contributed by atoms with Crippen LogP contribution in [-0.2, 0) is 6.42 Å². The van der Waals surface area contributed by atoms with E-state index in [0.717, 1.165) is 31.2 Å². The average Bonchev–Trinajstić information content (AvgIpc) is 2.37. The zero-order valence-corrected chi connectivity index (χ0v) is 12.3. The molecule has 3 unspecified atom stereocenters. The molecule has 100 valence electrons. The Morgan fingerprint density at radius 1 is 1.39 bits per heavy atom. The summed E-state index contributed by atoms with van der Waals surface area (Å²) in [4.78, 5) is 0. The van der Waals surface area contributed by atoms with Gasteiger partial charge in [0.15, 0.2) is 0 Å². The monoisotopic (exact) mass is 314 g/mol. The highest BCUT2D eigenvalue weighted by atomic mass is 79.9. The first-order valence-corrected chi connectivity index (χ1v) is 7.52. The van der Waals surface area contributed by atoms with Gasteiger partial charge in [0.2, 0.25) is 0 Å². The van der Waals surface area contributed by atoms with Crippen LogP contribution in [-0.4, -0.2) is 11.2 Å². The second-order valence-electron chi connectivity index (χ2n) is 5.33. The summed E-state index contributed by atoms with van der Waals surface area (Å²) in [6, 6.07) is 5.14. The number of rotatable bonds is 3. The summed E-state index contributed by atoms with van der Waals surface area (Å²) in [5.74, 6) is 0.761. The molecule has 1 fully saturated rings. The van der Waals surface area contributed by atoms with Gasteiger partial charge in [-0.1, -0.05) is 25.5 Å². The molecule has 0 spiro atoms. The molecule has 0 radical (unpaired) electrons. The van der Waals surface area contributed by atoms with Crippen LogP contribution in [0.4, 0.5) is 4.39 Å². The van der Waals surface area contributed by atoms with E-state index in [0.29, 0.717) is 10.4 Å². The van der Waals surface area contributed by atoms with Crippen molar-refractivity contribution in [1.29, 1.82) is 0 Å². The summed E-state index contributed by atoms with van der Waals surface area (Å²) >= 11 is 3.30. The van der Waals surface area contributed by atoms with E-state index in [1.54, 1.807) is 6.07 Å². The number of hydrogen-bond acceptors (Lipinski definition) is 1. The van der Waals surface area contributed by atoms with Gasteiger partial charge in [-0.3, -0.25) is 0 Å². The van der Waals surface area contributed by atoms with Gasteiger partial charge in [-0.05, 0) is 65.1 Å². The fourth-order valence-electron chi connectivity index (χ4n) is 2.92. The first-order chi connectivity index (χ1) is 8.61. The van der Waals surface area contributed by atoms with E-state index >= 15 is 0 Å². The summed E-state index contributed by atoms with van der Waals surface area (Å²) < 4.78 is 14.0. The van der Waals surface area contributed by atoms with Gasteiger partial charge < -0.3 is 5.11 Å². The van der Waals surface area contributed by atoms with Crippen molar-refractivity contribution in [3.05, 3.63) is 34.1 Å². The number of aliphatic hydroxyl groups excluding tert-OH is 1. The fraction of sp³-hybridized carbons (Fsp3) is 0.600. The highest BCUT2D eigenvalue weighted by Gasteiger charge is 2.28. The Morgan fingerprint density at radius 2 is 2.17 bits per heavy atom. The van der Waals surface area contributed by atoms with Crippen LogP contribution in [0.2, 0.25) is 0 Å². The molecule has 0 aromatic heterocycles. The normalized spacial score (nSPS) is 28.3. The smallest absolute Gasteiger partial charge is 0.137 e. The first kappa shape index (κ1) is 14.0. The highest BCUT2D eigenvalue weighted by molar-refractivity contribution is 9.10. The van der Waals surface area contributed by atoms with Crippen LogP contribution in [0.15, 0.2) is 22.7 Å². The lowest BCUT2D eigenvalue weighted by Gasteiger charge is -2.33. The summed E-state index contributed by atoms with van der Waals surface area (Å²) in [6.07, 6.45) is 4.77. The standard InChI is InChI=1S/C15H20BrFO/c1-2-10-6-7-14(18)12(8-10)9-11-4-3-5-13(17)15(11)16/h3-5,10,12,14,18H,2,6-9H2,1H3. The zero-order chi connectivity index (χ0) is 13.1. The van der Waals surface area contributed by atoms with Crippen molar-refractivity contribution in [1.82, 2.24) is 0 Å². The van der Waals surface area contributed by atoms with E-state index in [1.807, 2.05) is 6.07 Å². The summed E-state index contributed by atoms with van der Waals surface area (Å²) in [6.45, 7) is 2.21. The van der Waals surface area contributed by atoms with E-state index < -0.39 is 0 Å². The molecule has 1 saturated carbocycles. The van der Waals surface area contributed by atoms with Crippen molar-refractivity contribution in [3.8, 4) is 0 Å². The van der Waals surface area contributed by atoms with Crippen LogP contribution in [0.5, 0.6) is 0 Å².